The Balaban J connectivity index is 1.35. The molecule has 1 saturated heterocycles. The molecule has 182 valence electrons. The molecule has 0 bridgehead atoms. The topological polar surface area (TPSA) is 23.6 Å². The molecule has 3 nitrogen and oxygen atoms in total. The number of carbonyl (C=O) groups is 1. The number of para-hydroxylation sites is 1. The second-order valence-corrected chi connectivity index (χ2v) is 10.6. The van der Waals surface area contributed by atoms with Gasteiger partial charge in [-0.2, -0.15) is 0 Å². The summed E-state index contributed by atoms with van der Waals surface area (Å²) in [5, 5.41) is 0.868. The predicted molar refractivity (Wildman–Crippen MR) is 146 cm³/mol. The van der Waals surface area contributed by atoms with E-state index in [4.69, 9.17) is 23.2 Å². The molecule has 2 atom stereocenters. The molecule has 5 rings (SSSR count). The summed E-state index contributed by atoms with van der Waals surface area (Å²) in [5.74, 6) is 0.581. The standard InChI is InChI=1S/C30H32Cl2N2O/c31-27-16-15-23(21-28(27)32)30(35)34(24-11-5-2-6-12-24)25-17-19-33(20-18-25)29-14-8-7-13-26(29)22-9-3-1-4-10-22/h1-6,9-12,15-16,21,25-26,29H,7-8,13-14,17-20H2/t26-,29-/m1/s1. The lowest BCUT2D eigenvalue weighted by atomic mass is 9.78. The minimum absolute atomic E-state index is 0.0203. The van der Waals surface area contributed by atoms with Gasteiger partial charge in [0.1, 0.15) is 0 Å². The van der Waals surface area contributed by atoms with Crippen LogP contribution < -0.4 is 4.90 Å². The second-order valence-electron chi connectivity index (χ2n) is 9.78. The van der Waals surface area contributed by atoms with Crippen molar-refractivity contribution >= 4 is 34.8 Å². The van der Waals surface area contributed by atoms with Gasteiger partial charge in [0.15, 0.2) is 0 Å². The van der Waals surface area contributed by atoms with Crippen LogP contribution >= 0.6 is 23.2 Å². The normalized spacial score (nSPS) is 21.5. The van der Waals surface area contributed by atoms with Crippen molar-refractivity contribution in [3.63, 3.8) is 0 Å². The third-order valence-electron chi connectivity index (χ3n) is 7.71. The molecule has 0 aromatic heterocycles. The Morgan fingerprint density at radius 2 is 1.43 bits per heavy atom. The molecule has 0 radical (unpaired) electrons. The smallest absolute Gasteiger partial charge is 0.258 e. The number of hydrogen-bond acceptors (Lipinski definition) is 2. The van der Waals surface area contributed by atoms with Gasteiger partial charge in [-0.25, -0.2) is 0 Å². The lowest BCUT2D eigenvalue weighted by molar-refractivity contribution is 0.0895. The average molecular weight is 508 g/mol. The first kappa shape index (κ1) is 24.4. The number of anilines is 1. The van der Waals surface area contributed by atoms with Crippen molar-refractivity contribution in [3.05, 3.63) is 100 Å². The van der Waals surface area contributed by atoms with E-state index < -0.39 is 0 Å². The summed E-state index contributed by atoms with van der Waals surface area (Å²) in [5.41, 5.74) is 2.98. The monoisotopic (exact) mass is 506 g/mol. The van der Waals surface area contributed by atoms with Gasteiger partial charge in [0.05, 0.1) is 10.0 Å². The number of carbonyl (C=O) groups excluding carboxylic acids is 1. The molecule has 1 aliphatic heterocycles. The van der Waals surface area contributed by atoms with Gasteiger partial charge in [-0.15, -0.1) is 0 Å². The van der Waals surface area contributed by atoms with Crippen LogP contribution in [0.25, 0.3) is 0 Å². The van der Waals surface area contributed by atoms with Crippen molar-refractivity contribution in [2.75, 3.05) is 18.0 Å². The molecule has 3 aromatic rings. The van der Waals surface area contributed by atoms with Gasteiger partial charge in [0, 0.05) is 36.4 Å². The molecular formula is C30H32Cl2N2O. The van der Waals surface area contributed by atoms with E-state index in [0.29, 0.717) is 27.6 Å². The summed E-state index contributed by atoms with van der Waals surface area (Å²) in [6, 6.07) is 26.9. The lowest BCUT2D eigenvalue weighted by Crippen LogP contribution is -2.51. The molecular weight excluding hydrogens is 475 g/mol. The van der Waals surface area contributed by atoms with Gasteiger partial charge in [0.2, 0.25) is 0 Å². The van der Waals surface area contributed by atoms with E-state index in [1.54, 1.807) is 18.2 Å². The number of benzene rings is 3. The summed E-state index contributed by atoms with van der Waals surface area (Å²) in [6.45, 7) is 2.02. The number of rotatable bonds is 5. The Hall–Kier alpha value is -2.33. The zero-order valence-corrected chi connectivity index (χ0v) is 21.5. The molecule has 2 aliphatic rings. The zero-order valence-electron chi connectivity index (χ0n) is 20.0. The van der Waals surface area contributed by atoms with Crippen LogP contribution in [-0.2, 0) is 0 Å². The minimum Gasteiger partial charge on any atom is -0.305 e. The fourth-order valence-corrected chi connectivity index (χ4v) is 6.26. The van der Waals surface area contributed by atoms with Crippen LogP contribution in [0.2, 0.25) is 10.0 Å². The summed E-state index contributed by atoms with van der Waals surface area (Å²) in [6.07, 6.45) is 7.06. The van der Waals surface area contributed by atoms with Crippen molar-refractivity contribution in [2.45, 2.75) is 56.5 Å². The van der Waals surface area contributed by atoms with Gasteiger partial charge in [-0.1, -0.05) is 84.6 Å². The summed E-state index contributed by atoms with van der Waals surface area (Å²) in [4.78, 5) is 18.4. The van der Waals surface area contributed by atoms with E-state index in [2.05, 4.69) is 35.2 Å². The van der Waals surface area contributed by atoms with Crippen LogP contribution in [0.5, 0.6) is 0 Å². The number of halogens is 2. The number of piperidine rings is 1. The second kappa shape index (κ2) is 11.2. The number of likely N-dealkylation sites (tertiary alicyclic amines) is 1. The van der Waals surface area contributed by atoms with Crippen LogP contribution in [0, 0.1) is 0 Å². The van der Waals surface area contributed by atoms with Crippen LogP contribution in [0.4, 0.5) is 5.69 Å². The van der Waals surface area contributed by atoms with Gasteiger partial charge in [0.25, 0.3) is 5.91 Å². The Morgan fingerprint density at radius 1 is 0.771 bits per heavy atom. The van der Waals surface area contributed by atoms with Gasteiger partial charge < -0.3 is 4.90 Å². The quantitative estimate of drug-likeness (QED) is 0.351. The van der Waals surface area contributed by atoms with E-state index in [1.807, 2.05) is 35.2 Å². The van der Waals surface area contributed by atoms with Crippen molar-refractivity contribution in [2.24, 2.45) is 0 Å². The fraction of sp³-hybridized carbons (Fsp3) is 0.367. The van der Waals surface area contributed by atoms with E-state index >= 15 is 0 Å². The van der Waals surface area contributed by atoms with Gasteiger partial charge in [-0.05, 0) is 67.5 Å². The van der Waals surface area contributed by atoms with Crippen molar-refractivity contribution in [1.29, 1.82) is 0 Å². The Morgan fingerprint density at radius 3 is 2.11 bits per heavy atom. The number of amides is 1. The average Bonchev–Trinajstić information content (AvgIpc) is 2.92. The maximum absolute atomic E-state index is 13.7. The summed E-state index contributed by atoms with van der Waals surface area (Å²) in [7, 11) is 0. The van der Waals surface area contributed by atoms with Crippen LogP contribution in [0.1, 0.15) is 60.4 Å². The molecule has 1 aliphatic carbocycles. The van der Waals surface area contributed by atoms with Crippen molar-refractivity contribution < 1.29 is 4.79 Å². The first-order valence-electron chi connectivity index (χ1n) is 12.7. The fourth-order valence-electron chi connectivity index (χ4n) is 5.96. The Labute approximate surface area is 218 Å². The highest BCUT2D eigenvalue weighted by atomic mass is 35.5. The molecule has 1 amide bonds. The molecule has 3 aromatic carbocycles. The molecule has 0 unspecified atom stereocenters. The highest BCUT2D eigenvalue weighted by molar-refractivity contribution is 6.42. The molecule has 35 heavy (non-hydrogen) atoms. The van der Waals surface area contributed by atoms with Gasteiger partial charge in [-0.3, -0.25) is 9.69 Å². The summed E-state index contributed by atoms with van der Waals surface area (Å²) < 4.78 is 0. The molecule has 0 spiro atoms. The first-order valence-corrected chi connectivity index (χ1v) is 13.5. The number of hydrogen-bond donors (Lipinski definition) is 0. The highest BCUT2D eigenvalue weighted by Crippen LogP contribution is 2.38. The van der Waals surface area contributed by atoms with E-state index in [9.17, 15) is 4.79 Å². The zero-order chi connectivity index (χ0) is 24.2. The van der Waals surface area contributed by atoms with Crippen LogP contribution in [0.15, 0.2) is 78.9 Å². The van der Waals surface area contributed by atoms with Crippen molar-refractivity contribution in [1.82, 2.24) is 4.90 Å². The van der Waals surface area contributed by atoms with Crippen LogP contribution in [0.3, 0.4) is 0 Å². The van der Waals surface area contributed by atoms with E-state index in [-0.39, 0.29) is 11.9 Å². The van der Waals surface area contributed by atoms with Crippen molar-refractivity contribution in [3.8, 4) is 0 Å². The third-order valence-corrected chi connectivity index (χ3v) is 8.45. The molecule has 0 N–H and O–H groups in total. The minimum atomic E-state index is -0.0203. The van der Waals surface area contributed by atoms with Crippen LogP contribution in [-0.4, -0.2) is 36.0 Å². The lowest BCUT2D eigenvalue weighted by Gasteiger charge is -2.45. The largest absolute Gasteiger partial charge is 0.305 e. The molecule has 1 saturated carbocycles. The first-order chi connectivity index (χ1) is 17.1. The maximum Gasteiger partial charge on any atom is 0.258 e. The highest BCUT2D eigenvalue weighted by Gasteiger charge is 2.36. The molecule has 5 heteroatoms. The summed E-state index contributed by atoms with van der Waals surface area (Å²) >= 11 is 12.4. The SMILES string of the molecule is O=C(c1ccc(Cl)c(Cl)c1)N(c1ccccc1)C1CCN([C@@H]2CCCC[C@@H]2c2ccccc2)CC1. The van der Waals surface area contributed by atoms with Gasteiger partial charge >= 0.3 is 0 Å². The van der Waals surface area contributed by atoms with E-state index in [1.165, 1.54) is 31.2 Å². The number of nitrogens with zero attached hydrogens (tertiary/aromatic N) is 2. The Bertz CT molecular complexity index is 1130. The van der Waals surface area contributed by atoms with E-state index in [0.717, 1.165) is 31.6 Å². The molecule has 1 heterocycles. The predicted octanol–water partition coefficient (Wildman–Crippen LogP) is 7.83. The Kier molecular flexibility index (Phi) is 7.77. The molecule has 2 fully saturated rings. The third kappa shape index (κ3) is 5.43. The maximum atomic E-state index is 13.7.